The SMILES string of the molecule is O=CN1CCN(C(=O)c2cc3c(F)cccc3[nH]2)CC1. The third-order valence-electron chi connectivity index (χ3n) is 3.59. The molecule has 0 spiro atoms. The van der Waals surface area contributed by atoms with E-state index in [0.717, 1.165) is 6.41 Å². The highest BCUT2D eigenvalue weighted by atomic mass is 19.1. The van der Waals surface area contributed by atoms with Gasteiger partial charge < -0.3 is 14.8 Å². The van der Waals surface area contributed by atoms with Crippen molar-refractivity contribution in [3.63, 3.8) is 0 Å². The van der Waals surface area contributed by atoms with Crippen molar-refractivity contribution >= 4 is 23.2 Å². The van der Waals surface area contributed by atoms with Gasteiger partial charge in [-0.1, -0.05) is 6.07 Å². The Balaban J connectivity index is 1.82. The van der Waals surface area contributed by atoms with Crippen LogP contribution in [0.15, 0.2) is 24.3 Å². The zero-order valence-corrected chi connectivity index (χ0v) is 10.8. The molecule has 1 aliphatic rings. The molecule has 104 valence electrons. The fourth-order valence-electron chi connectivity index (χ4n) is 2.43. The van der Waals surface area contributed by atoms with E-state index in [0.29, 0.717) is 42.8 Å². The first-order valence-corrected chi connectivity index (χ1v) is 6.45. The fourth-order valence-corrected chi connectivity index (χ4v) is 2.43. The Morgan fingerprint density at radius 3 is 2.65 bits per heavy atom. The Bertz CT molecular complexity index is 659. The Hall–Kier alpha value is -2.37. The van der Waals surface area contributed by atoms with Crippen molar-refractivity contribution in [3.8, 4) is 0 Å². The van der Waals surface area contributed by atoms with Gasteiger partial charge in [-0.05, 0) is 18.2 Å². The molecule has 20 heavy (non-hydrogen) atoms. The number of halogens is 1. The van der Waals surface area contributed by atoms with Crippen molar-refractivity contribution in [2.24, 2.45) is 0 Å². The van der Waals surface area contributed by atoms with Crippen LogP contribution in [0, 0.1) is 5.82 Å². The number of rotatable bonds is 2. The first-order chi connectivity index (χ1) is 9.69. The van der Waals surface area contributed by atoms with Gasteiger partial charge in [0.25, 0.3) is 5.91 Å². The van der Waals surface area contributed by atoms with Crippen molar-refractivity contribution < 1.29 is 14.0 Å². The Kier molecular flexibility index (Phi) is 3.14. The van der Waals surface area contributed by atoms with Crippen LogP contribution in [0.2, 0.25) is 0 Å². The molecule has 0 bridgehead atoms. The van der Waals surface area contributed by atoms with E-state index < -0.39 is 0 Å². The maximum absolute atomic E-state index is 13.6. The number of nitrogens with one attached hydrogen (secondary N) is 1. The number of hydrogen-bond donors (Lipinski definition) is 1. The Morgan fingerprint density at radius 1 is 1.25 bits per heavy atom. The van der Waals surface area contributed by atoms with Gasteiger partial charge in [0.15, 0.2) is 0 Å². The second-order valence-electron chi connectivity index (χ2n) is 4.82. The lowest BCUT2D eigenvalue weighted by Crippen LogP contribution is -2.48. The number of fused-ring (bicyclic) bond motifs is 1. The highest BCUT2D eigenvalue weighted by molar-refractivity contribution is 5.98. The van der Waals surface area contributed by atoms with Crippen molar-refractivity contribution in [1.29, 1.82) is 0 Å². The van der Waals surface area contributed by atoms with Crippen molar-refractivity contribution in [2.75, 3.05) is 26.2 Å². The van der Waals surface area contributed by atoms with E-state index in [-0.39, 0.29) is 11.7 Å². The largest absolute Gasteiger partial charge is 0.350 e. The summed E-state index contributed by atoms with van der Waals surface area (Å²) < 4.78 is 13.6. The monoisotopic (exact) mass is 275 g/mol. The van der Waals surface area contributed by atoms with Crippen molar-refractivity contribution in [3.05, 3.63) is 35.8 Å². The van der Waals surface area contributed by atoms with E-state index in [9.17, 15) is 14.0 Å². The highest BCUT2D eigenvalue weighted by Gasteiger charge is 2.22. The molecule has 2 amide bonds. The van der Waals surface area contributed by atoms with Gasteiger partial charge in [0.2, 0.25) is 6.41 Å². The number of piperazine rings is 1. The maximum Gasteiger partial charge on any atom is 0.270 e. The van der Waals surface area contributed by atoms with Crippen LogP contribution in [0.25, 0.3) is 10.9 Å². The van der Waals surface area contributed by atoms with E-state index in [1.807, 2.05) is 0 Å². The van der Waals surface area contributed by atoms with E-state index in [1.165, 1.54) is 6.07 Å². The number of carbonyl (C=O) groups excluding carboxylic acids is 2. The summed E-state index contributed by atoms with van der Waals surface area (Å²) in [7, 11) is 0. The average Bonchev–Trinajstić information content (AvgIpc) is 2.92. The van der Waals surface area contributed by atoms with E-state index >= 15 is 0 Å². The van der Waals surface area contributed by atoms with Crippen LogP contribution in [0.4, 0.5) is 4.39 Å². The molecule has 1 saturated heterocycles. The third-order valence-corrected chi connectivity index (χ3v) is 3.59. The molecule has 1 aromatic heterocycles. The number of hydrogen-bond acceptors (Lipinski definition) is 2. The summed E-state index contributed by atoms with van der Waals surface area (Å²) in [6, 6.07) is 6.25. The average molecular weight is 275 g/mol. The van der Waals surface area contributed by atoms with Gasteiger partial charge in [-0.3, -0.25) is 9.59 Å². The lowest BCUT2D eigenvalue weighted by Gasteiger charge is -2.32. The maximum atomic E-state index is 13.6. The zero-order chi connectivity index (χ0) is 14.1. The van der Waals surface area contributed by atoms with Crippen molar-refractivity contribution in [2.45, 2.75) is 0 Å². The fraction of sp³-hybridized carbons (Fsp3) is 0.286. The number of H-pyrrole nitrogens is 1. The predicted molar refractivity (Wildman–Crippen MR) is 71.8 cm³/mol. The topological polar surface area (TPSA) is 56.4 Å². The molecule has 2 aromatic rings. The number of aromatic nitrogens is 1. The van der Waals surface area contributed by atoms with Gasteiger partial charge in [0.1, 0.15) is 11.5 Å². The van der Waals surface area contributed by atoms with E-state index in [2.05, 4.69) is 4.98 Å². The van der Waals surface area contributed by atoms with Gasteiger partial charge in [0, 0.05) is 37.1 Å². The Morgan fingerprint density at radius 2 is 2.00 bits per heavy atom. The quantitative estimate of drug-likeness (QED) is 0.838. The van der Waals surface area contributed by atoms with Crippen LogP contribution >= 0.6 is 0 Å². The molecule has 0 atom stereocenters. The number of amides is 2. The number of aromatic amines is 1. The predicted octanol–water partition coefficient (Wildman–Crippen LogP) is 1.22. The van der Waals surface area contributed by atoms with Gasteiger partial charge in [-0.2, -0.15) is 0 Å². The molecule has 6 heteroatoms. The summed E-state index contributed by atoms with van der Waals surface area (Å²) in [4.78, 5) is 29.2. The minimum Gasteiger partial charge on any atom is -0.350 e. The second-order valence-corrected chi connectivity index (χ2v) is 4.82. The molecular weight excluding hydrogens is 261 g/mol. The summed E-state index contributed by atoms with van der Waals surface area (Å²) in [5.74, 6) is -0.505. The first-order valence-electron chi connectivity index (χ1n) is 6.45. The van der Waals surface area contributed by atoms with Crippen molar-refractivity contribution in [1.82, 2.24) is 14.8 Å². The van der Waals surface area contributed by atoms with Crippen LogP contribution in [0.1, 0.15) is 10.5 Å². The number of nitrogens with zero attached hydrogens (tertiary/aromatic N) is 2. The first kappa shape index (κ1) is 12.7. The van der Waals surface area contributed by atoms with Gasteiger partial charge >= 0.3 is 0 Å². The van der Waals surface area contributed by atoms with Crippen LogP contribution in [0.5, 0.6) is 0 Å². The van der Waals surface area contributed by atoms with Crippen LogP contribution in [0.3, 0.4) is 0 Å². The summed E-state index contributed by atoms with van der Waals surface area (Å²) in [5, 5.41) is 0.419. The minimum atomic E-state index is -0.344. The molecule has 0 aliphatic carbocycles. The molecular formula is C14H14FN3O2. The molecule has 1 fully saturated rings. The molecule has 5 nitrogen and oxygen atoms in total. The van der Waals surface area contributed by atoms with Gasteiger partial charge in [-0.25, -0.2) is 4.39 Å². The van der Waals surface area contributed by atoms with Crippen LogP contribution in [-0.2, 0) is 4.79 Å². The van der Waals surface area contributed by atoms with Gasteiger partial charge in [-0.15, -0.1) is 0 Å². The van der Waals surface area contributed by atoms with Gasteiger partial charge in [0.05, 0.1) is 0 Å². The summed E-state index contributed by atoms with van der Waals surface area (Å²) in [6.45, 7) is 2.05. The minimum absolute atomic E-state index is 0.161. The normalized spacial score (nSPS) is 15.7. The summed E-state index contributed by atoms with van der Waals surface area (Å²) in [5.41, 5.74) is 0.990. The zero-order valence-electron chi connectivity index (χ0n) is 10.8. The summed E-state index contributed by atoms with van der Waals surface area (Å²) >= 11 is 0. The van der Waals surface area contributed by atoms with E-state index in [4.69, 9.17) is 0 Å². The third kappa shape index (κ3) is 2.13. The smallest absolute Gasteiger partial charge is 0.270 e. The highest BCUT2D eigenvalue weighted by Crippen LogP contribution is 2.19. The molecule has 0 radical (unpaired) electrons. The second kappa shape index (κ2) is 4.96. The lowest BCUT2D eigenvalue weighted by atomic mass is 10.2. The summed E-state index contributed by atoms with van der Waals surface area (Å²) in [6.07, 6.45) is 0.792. The number of carbonyl (C=O) groups is 2. The lowest BCUT2D eigenvalue weighted by molar-refractivity contribution is -0.119. The molecule has 2 heterocycles. The van der Waals surface area contributed by atoms with Crippen LogP contribution < -0.4 is 0 Å². The molecule has 1 aromatic carbocycles. The Labute approximate surface area is 115 Å². The molecule has 1 N–H and O–H groups in total. The molecule has 3 rings (SSSR count). The molecule has 0 unspecified atom stereocenters. The number of benzene rings is 1. The molecule has 0 saturated carbocycles. The van der Waals surface area contributed by atoms with Crippen LogP contribution in [-0.4, -0.2) is 53.3 Å². The molecule has 1 aliphatic heterocycles. The standard InChI is InChI=1S/C14H14FN3O2/c15-11-2-1-3-12-10(11)8-13(16-12)14(20)18-6-4-17(9-19)5-7-18/h1-3,8-9,16H,4-7H2. The van der Waals surface area contributed by atoms with E-state index in [1.54, 1.807) is 28.0 Å².